The van der Waals surface area contributed by atoms with Gasteiger partial charge in [0.05, 0.1) is 6.42 Å². The maximum atomic E-state index is 12.0. The molecule has 0 fully saturated rings. The molecule has 1 heterocycles. The lowest BCUT2D eigenvalue weighted by molar-refractivity contribution is -0.140. The normalized spacial score (nSPS) is 11.7. The lowest BCUT2D eigenvalue weighted by Gasteiger charge is -2.13. The number of aryl methyl sites for hydroxylation is 1. The van der Waals surface area contributed by atoms with Gasteiger partial charge in [-0.15, -0.1) is 0 Å². The van der Waals surface area contributed by atoms with E-state index in [1.165, 1.54) is 12.1 Å². The third-order valence-corrected chi connectivity index (χ3v) is 2.82. The summed E-state index contributed by atoms with van der Waals surface area (Å²) in [4.78, 5) is 37.9. The molecule has 0 radical (unpaired) electrons. The van der Waals surface area contributed by atoms with Gasteiger partial charge in [-0.25, -0.2) is 9.78 Å². The molecule has 21 heavy (non-hydrogen) atoms. The van der Waals surface area contributed by atoms with Crippen LogP contribution in [0.25, 0.3) is 0 Å². The van der Waals surface area contributed by atoms with Crippen molar-refractivity contribution in [1.29, 1.82) is 0 Å². The van der Waals surface area contributed by atoms with Gasteiger partial charge >= 0.3 is 5.97 Å². The number of carbonyl (C=O) groups is 3. The van der Waals surface area contributed by atoms with E-state index in [1.807, 2.05) is 6.92 Å². The van der Waals surface area contributed by atoms with Gasteiger partial charge in [-0.3, -0.25) is 9.59 Å². The molecular weight excluding hydrogens is 298 g/mol. The number of rotatable bonds is 7. The van der Waals surface area contributed by atoms with Crippen LogP contribution >= 0.6 is 11.6 Å². The first-order valence-corrected chi connectivity index (χ1v) is 6.69. The number of aliphatic carboxylic acids is 1. The molecule has 0 saturated carbocycles. The molecule has 1 atom stereocenters. The second-order valence-corrected chi connectivity index (χ2v) is 4.84. The lowest BCUT2D eigenvalue weighted by Crippen LogP contribution is -2.43. The fraction of sp³-hybridized carbons (Fsp3) is 0.385. The maximum Gasteiger partial charge on any atom is 0.326 e. The van der Waals surface area contributed by atoms with Gasteiger partial charge in [0.1, 0.15) is 11.2 Å². The number of carboxylic acids is 1. The monoisotopic (exact) mass is 313 g/mol. The van der Waals surface area contributed by atoms with E-state index in [1.54, 1.807) is 0 Å². The largest absolute Gasteiger partial charge is 0.480 e. The van der Waals surface area contributed by atoms with E-state index >= 15 is 0 Å². The smallest absolute Gasteiger partial charge is 0.326 e. The topological polar surface area (TPSA) is 122 Å². The van der Waals surface area contributed by atoms with Gasteiger partial charge in [0, 0.05) is 11.3 Å². The molecule has 0 bridgehead atoms. The van der Waals surface area contributed by atoms with Crippen LogP contribution in [-0.4, -0.2) is 33.9 Å². The van der Waals surface area contributed by atoms with Crippen LogP contribution in [0.15, 0.2) is 12.1 Å². The van der Waals surface area contributed by atoms with Crippen molar-refractivity contribution in [3.05, 3.63) is 28.5 Å². The van der Waals surface area contributed by atoms with Crippen molar-refractivity contribution >= 4 is 29.4 Å². The Bertz CT molecular complexity index is 562. The fourth-order valence-corrected chi connectivity index (χ4v) is 1.94. The third-order valence-electron chi connectivity index (χ3n) is 2.62. The zero-order valence-corrected chi connectivity index (χ0v) is 12.2. The van der Waals surface area contributed by atoms with Crippen molar-refractivity contribution in [1.82, 2.24) is 10.3 Å². The summed E-state index contributed by atoms with van der Waals surface area (Å²) in [6.45, 7) is 1.95. The maximum absolute atomic E-state index is 12.0. The number of nitrogens with one attached hydrogen (secondary N) is 1. The van der Waals surface area contributed by atoms with Crippen molar-refractivity contribution in [2.75, 3.05) is 0 Å². The highest BCUT2D eigenvalue weighted by molar-refractivity contribution is 6.29. The Morgan fingerprint density at radius 2 is 2.10 bits per heavy atom. The highest BCUT2D eigenvalue weighted by Crippen LogP contribution is 2.13. The van der Waals surface area contributed by atoms with Gasteiger partial charge in [0.25, 0.3) is 5.91 Å². The van der Waals surface area contributed by atoms with Crippen LogP contribution in [0.1, 0.15) is 35.8 Å². The standard InChI is InChI=1S/C13H16ClN3O4/c1-2-3-8-4-7(5-10(14)16-8)12(19)17-9(13(20)21)6-11(15)18/h4-5,9H,2-3,6H2,1H3,(H2,15,18)(H,17,19)(H,20,21)/t9-/m0/s1. The average Bonchev–Trinajstić information content (AvgIpc) is 2.36. The Morgan fingerprint density at radius 1 is 1.43 bits per heavy atom. The first-order chi connectivity index (χ1) is 9.83. The molecule has 1 rings (SSSR count). The number of pyridine rings is 1. The number of primary amides is 1. The van der Waals surface area contributed by atoms with Crippen molar-refractivity contribution in [3.63, 3.8) is 0 Å². The second-order valence-electron chi connectivity index (χ2n) is 4.45. The van der Waals surface area contributed by atoms with E-state index in [0.29, 0.717) is 12.1 Å². The van der Waals surface area contributed by atoms with Crippen molar-refractivity contribution in [2.24, 2.45) is 5.73 Å². The molecule has 0 aliphatic rings. The molecule has 8 heteroatoms. The Balaban J connectivity index is 2.91. The van der Waals surface area contributed by atoms with Gasteiger partial charge < -0.3 is 16.2 Å². The summed E-state index contributed by atoms with van der Waals surface area (Å²) in [6.07, 6.45) is 0.986. The minimum atomic E-state index is -1.38. The third kappa shape index (κ3) is 5.39. The number of nitrogens with two attached hydrogens (primary N) is 1. The van der Waals surface area contributed by atoms with Crippen molar-refractivity contribution in [2.45, 2.75) is 32.2 Å². The predicted molar refractivity (Wildman–Crippen MR) is 75.9 cm³/mol. The van der Waals surface area contributed by atoms with E-state index in [-0.39, 0.29) is 10.7 Å². The van der Waals surface area contributed by atoms with Crippen LogP contribution in [0.4, 0.5) is 0 Å². The summed E-state index contributed by atoms with van der Waals surface area (Å²) in [7, 11) is 0. The number of halogens is 1. The van der Waals surface area contributed by atoms with Gasteiger partial charge in [-0.1, -0.05) is 24.9 Å². The second kappa shape index (κ2) is 7.58. The Labute approximate surface area is 126 Å². The molecule has 0 aliphatic carbocycles. The lowest BCUT2D eigenvalue weighted by atomic mass is 10.1. The van der Waals surface area contributed by atoms with Crippen LogP contribution in [0, 0.1) is 0 Å². The first-order valence-electron chi connectivity index (χ1n) is 6.32. The SMILES string of the molecule is CCCc1cc(C(=O)N[C@@H](CC(N)=O)C(=O)O)cc(Cl)n1. The molecule has 1 aromatic rings. The molecule has 0 spiro atoms. The van der Waals surface area contributed by atoms with Crippen LogP contribution in [0.2, 0.25) is 5.15 Å². The number of carboxylic acid groups (broad SMARTS) is 1. The minimum absolute atomic E-state index is 0.146. The number of amides is 2. The number of nitrogens with zero attached hydrogens (tertiary/aromatic N) is 1. The molecule has 7 nitrogen and oxygen atoms in total. The number of hydrogen-bond donors (Lipinski definition) is 3. The molecule has 2 amide bonds. The quantitative estimate of drug-likeness (QED) is 0.641. The van der Waals surface area contributed by atoms with Crippen LogP contribution in [0.5, 0.6) is 0 Å². The molecule has 4 N–H and O–H groups in total. The summed E-state index contributed by atoms with van der Waals surface area (Å²) in [5.41, 5.74) is 5.77. The van der Waals surface area contributed by atoms with Crippen LogP contribution in [0.3, 0.4) is 0 Å². The Hall–Kier alpha value is -2.15. The summed E-state index contributed by atoms with van der Waals surface area (Å²) < 4.78 is 0. The van der Waals surface area contributed by atoms with E-state index in [9.17, 15) is 14.4 Å². The number of carbonyl (C=O) groups excluding carboxylic acids is 2. The number of hydrogen-bond acceptors (Lipinski definition) is 4. The summed E-state index contributed by atoms with van der Waals surface area (Å²) in [6, 6.07) is 1.49. The van der Waals surface area contributed by atoms with E-state index in [0.717, 1.165) is 6.42 Å². The molecule has 0 aliphatic heterocycles. The zero-order chi connectivity index (χ0) is 16.0. The zero-order valence-electron chi connectivity index (χ0n) is 11.4. The summed E-state index contributed by atoms with van der Waals surface area (Å²) >= 11 is 5.83. The van der Waals surface area contributed by atoms with Gasteiger partial charge in [-0.05, 0) is 18.6 Å². The van der Waals surface area contributed by atoms with E-state index in [2.05, 4.69) is 10.3 Å². The first kappa shape index (κ1) is 16.9. The van der Waals surface area contributed by atoms with Crippen molar-refractivity contribution in [3.8, 4) is 0 Å². The predicted octanol–water partition coefficient (Wildman–Crippen LogP) is 0.746. The van der Waals surface area contributed by atoms with E-state index in [4.69, 9.17) is 22.4 Å². The molecule has 1 aromatic heterocycles. The van der Waals surface area contributed by atoms with Crippen LogP contribution in [-0.2, 0) is 16.0 Å². The highest BCUT2D eigenvalue weighted by Gasteiger charge is 2.23. The van der Waals surface area contributed by atoms with Gasteiger partial charge in [-0.2, -0.15) is 0 Å². The Morgan fingerprint density at radius 3 is 2.62 bits per heavy atom. The van der Waals surface area contributed by atoms with Crippen LogP contribution < -0.4 is 11.1 Å². The fourth-order valence-electron chi connectivity index (χ4n) is 1.71. The van der Waals surface area contributed by atoms with E-state index < -0.39 is 30.2 Å². The summed E-state index contributed by atoms with van der Waals surface area (Å²) in [5, 5.41) is 11.3. The summed E-state index contributed by atoms with van der Waals surface area (Å²) in [5.74, 6) is -2.80. The highest BCUT2D eigenvalue weighted by atomic mass is 35.5. The number of aromatic nitrogens is 1. The Kier molecular flexibility index (Phi) is 6.10. The van der Waals surface area contributed by atoms with Gasteiger partial charge in [0.15, 0.2) is 0 Å². The molecule has 0 unspecified atom stereocenters. The molecule has 0 aromatic carbocycles. The van der Waals surface area contributed by atoms with Gasteiger partial charge in [0.2, 0.25) is 5.91 Å². The van der Waals surface area contributed by atoms with Crippen molar-refractivity contribution < 1.29 is 19.5 Å². The molecule has 0 saturated heterocycles. The molecule has 114 valence electrons. The minimum Gasteiger partial charge on any atom is -0.480 e. The average molecular weight is 314 g/mol. The molecular formula is C13H16ClN3O4.